The van der Waals surface area contributed by atoms with Crippen LogP contribution in [-0.4, -0.2) is 19.3 Å². The molecule has 0 unspecified atom stereocenters. The standard InChI is InChI=1S/C17H14N4O/c1-11-14-15(20(2)19-11)13-9-6-10-18-16(13)21(17(14)22)12-7-4-3-5-8-12/h3-10H,1-2H3. The maximum Gasteiger partial charge on any atom is 0.268 e. The third-order valence-electron chi connectivity index (χ3n) is 3.91. The van der Waals surface area contributed by atoms with E-state index >= 15 is 0 Å². The second kappa shape index (κ2) is 4.53. The molecule has 0 fully saturated rings. The molecule has 3 aromatic heterocycles. The molecule has 0 radical (unpaired) electrons. The van der Waals surface area contributed by atoms with Gasteiger partial charge >= 0.3 is 0 Å². The van der Waals surface area contributed by atoms with Crippen molar-refractivity contribution in [3.8, 4) is 5.69 Å². The molecule has 0 spiro atoms. The lowest BCUT2D eigenvalue weighted by atomic mass is 10.1. The van der Waals surface area contributed by atoms with E-state index in [-0.39, 0.29) is 5.56 Å². The van der Waals surface area contributed by atoms with E-state index in [1.807, 2.05) is 56.4 Å². The van der Waals surface area contributed by atoms with Crippen molar-refractivity contribution < 1.29 is 0 Å². The van der Waals surface area contributed by atoms with Crippen LogP contribution in [0.25, 0.3) is 27.6 Å². The van der Waals surface area contributed by atoms with Crippen molar-refractivity contribution in [2.24, 2.45) is 7.05 Å². The van der Waals surface area contributed by atoms with Gasteiger partial charge in [0, 0.05) is 18.6 Å². The summed E-state index contributed by atoms with van der Waals surface area (Å²) in [6.45, 7) is 1.86. The van der Waals surface area contributed by atoms with Crippen molar-refractivity contribution in [3.63, 3.8) is 0 Å². The van der Waals surface area contributed by atoms with Gasteiger partial charge in [0.25, 0.3) is 5.56 Å². The van der Waals surface area contributed by atoms with Crippen molar-refractivity contribution in [2.75, 3.05) is 0 Å². The van der Waals surface area contributed by atoms with Crippen molar-refractivity contribution in [1.82, 2.24) is 19.3 Å². The van der Waals surface area contributed by atoms with Crippen LogP contribution in [0.5, 0.6) is 0 Å². The molecule has 5 nitrogen and oxygen atoms in total. The van der Waals surface area contributed by atoms with Crippen LogP contribution in [0.3, 0.4) is 0 Å². The summed E-state index contributed by atoms with van der Waals surface area (Å²) in [5.74, 6) is 0. The van der Waals surface area contributed by atoms with Crippen LogP contribution < -0.4 is 5.56 Å². The topological polar surface area (TPSA) is 52.7 Å². The maximum absolute atomic E-state index is 13.0. The van der Waals surface area contributed by atoms with Gasteiger partial charge < -0.3 is 0 Å². The Balaban J connectivity index is 2.32. The summed E-state index contributed by atoms with van der Waals surface area (Å²) >= 11 is 0. The Bertz CT molecular complexity index is 1060. The van der Waals surface area contributed by atoms with Crippen LogP contribution in [0, 0.1) is 6.92 Å². The molecule has 0 N–H and O–H groups in total. The van der Waals surface area contributed by atoms with E-state index in [1.54, 1.807) is 15.4 Å². The number of para-hydroxylation sites is 1. The molecule has 0 bridgehead atoms. The lowest BCUT2D eigenvalue weighted by molar-refractivity contribution is 0.785. The zero-order valence-electron chi connectivity index (χ0n) is 12.3. The van der Waals surface area contributed by atoms with Crippen LogP contribution >= 0.6 is 0 Å². The molecular formula is C17H14N4O. The number of hydrogen-bond acceptors (Lipinski definition) is 3. The summed E-state index contributed by atoms with van der Waals surface area (Å²) in [5.41, 5.74) is 2.93. The average molecular weight is 290 g/mol. The molecule has 0 aliphatic carbocycles. The first-order valence-electron chi connectivity index (χ1n) is 7.07. The normalized spacial score (nSPS) is 11.4. The zero-order chi connectivity index (χ0) is 15.3. The summed E-state index contributed by atoms with van der Waals surface area (Å²) in [6.07, 6.45) is 1.70. The molecule has 4 aromatic rings. The van der Waals surface area contributed by atoms with Crippen molar-refractivity contribution in [2.45, 2.75) is 6.92 Å². The highest BCUT2D eigenvalue weighted by atomic mass is 16.1. The van der Waals surface area contributed by atoms with E-state index in [4.69, 9.17) is 0 Å². The fourth-order valence-corrected chi connectivity index (χ4v) is 3.01. The molecule has 1 aromatic carbocycles. The molecule has 4 rings (SSSR count). The van der Waals surface area contributed by atoms with Crippen molar-refractivity contribution >= 4 is 21.9 Å². The number of fused-ring (bicyclic) bond motifs is 3. The van der Waals surface area contributed by atoms with Crippen molar-refractivity contribution in [3.05, 3.63) is 64.7 Å². The number of hydrogen-bond donors (Lipinski definition) is 0. The second-order valence-corrected chi connectivity index (χ2v) is 5.28. The van der Waals surface area contributed by atoms with Crippen molar-refractivity contribution in [1.29, 1.82) is 0 Å². The lowest BCUT2D eigenvalue weighted by Gasteiger charge is -2.11. The van der Waals surface area contributed by atoms with E-state index in [0.717, 1.165) is 22.3 Å². The number of nitrogens with zero attached hydrogens (tertiary/aromatic N) is 4. The molecule has 22 heavy (non-hydrogen) atoms. The number of benzene rings is 1. The minimum Gasteiger partial charge on any atom is -0.268 e. The van der Waals surface area contributed by atoms with Crippen LogP contribution in [0.15, 0.2) is 53.5 Å². The van der Waals surface area contributed by atoms with E-state index in [1.165, 1.54) is 0 Å². The fraction of sp³-hybridized carbons (Fsp3) is 0.118. The SMILES string of the molecule is Cc1nn(C)c2c1c(=O)n(-c1ccccc1)c1ncccc21. The highest BCUT2D eigenvalue weighted by Crippen LogP contribution is 2.24. The molecule has 5 heteroatoms. The monoisotopic (exact) mass is 290 g/mol. The second-order valence-electron chi connectivity index (χ2n) is 5.28. The highest BCUT2D eigenvalue weighted by Gasteiger charge is 2.18. The maximum atomic E-state index is 13.0. The molecule has 0 saturated heterocycles. The van der Waals surface area contributed by atoms with Gasteiger partial charge in [0.05, 0.1) is 22.3 Å². The Hall–Kier alpha value is -2.95. The van der Waals surface area contributed by atoms with Crippen LogP contribution in [0.4, 0.5) is 0 Å². The smallest absolute Gasteiger partial charge is 0.268 e. The van der Waals surface area contributed by atoms with Gasteiger partial charge in [-0.25, -0.2) is 4.98 Å². The van der Waals surface area contributed by atoms with Crippen LogP contribution in [0.2, 0.25) is 0 Å². The van der Waals surface area contributed by atoms with E-state index < -0.39 is 0 Å². The number of rotatable bonds is 1. The first-order valence-corrected chi connectivity index (χ1v) is 7.07. The van der Waals surface area contributed by atoms with Gasteiger partial charge in [-0.15, -0.1) is 0 Å². The molecule has 0 aliphatic rings. The summed E-state index contributed by atoms with van der Waals surface area (Å²) in [4.78, 5) is 17.5. The minimum absolute atomic E-state index is 0.0852. The van der Waals surface area contributed by atoms with Gasteiger partial charge in [0.15, 0.2) is 0 Å². The highest BCUT2D eigenvalue weighted by molar-refractivity contribution is 6.03. The number of aromatic nitrogens is 4. The molecule has 3 heterocycles. The quantitative estimate of drug-likeness (QED) is 0.541. The predicted octanol–water partition coefficient (Wildman–Crippen LogP) is 2.58. The average Bonchev–Trinajstić information content (AvgIpc) is 2.84. The number of pyridine rings is 2. The first-order chi connectivity index (χ1) is 10.7. The van der Waals surface area contributed by atoms with Crippen LogP contribution in [-0.2, 0) is 7.05 Å². The molecule has 0 aliphatic heterocycles. The Morgan fingerprint density at radius 3 is 2.59 bits per heavy atom. The van der Waals surface area contributed by atoms with Crippen LogP contribution in [0.1, 0.15) is 5.69 Å². The van der Waals surface area contributed by atoms with Gasteiger partial charge in [-0.3, -0.25) is 14.0 Å². The molecule has 0 atom stereocenters. The van der Waals surface area contributed by atoms with Gasteiger partial charge in [-0.1, -0.05) is 18.2 Å². The molecule has 0 saturated carbocycles. The Kier molecular flexibility index (Phi) is 2.63. The molecular weight excluding hydrogens is 276 g/mol. The number of aryl methyl sites for hydroxylation is 2. The summed E-state index contributed by atoms with van der Waals surface area (Å²) < 4.78 is 3.41. The predicted molar refractivity (Wildman–Crippen MR) is 86.3 cm³/mol. The summed E-state index contributed by atoms with van der Waals surface area (Å²) in [6, 6.07) is 13.4. The molecule has 0 amide bonds. The third kappa shape index (κ3) is 1.62. The Labute approximate surface area is 126 Å². The molecule has 108 valence electrons. The van der Waals surface area contributed by atoms with E-state index in [2.05, 4.69) is 10.1 Å². The van der Waals surface area contributed by atoms with E-state index in [9.17, 15) is 4.79 Å². The van der Waals surface area contributed by atoms with Gasteiger partial charge in [-0.2, -0.15) is 5.10 Å². The zero-order valence-corrected chi connectivity index (χ0v) is 12.3. The largest absolute Gasteiger partial charge is 0.268 e. The van der Waals surface area contributed by atoms with Gasteiger partial charge in [0.2, 0.25) is 0 Å². The summed E-state index contributed by atoms with van der Waals surface area (Å²) in [5, 5.41) is 5.98. The van der Waals surface area contributed by atoms with Gasteiger partial charge in [-0.05, 0) is 31.2 Å². The lowest BCUT2D eigenvalue weighted by Crippen LogP contribution is -2.20. The Morgan fingerprint density at radius 2 is 1.82 bits per heavy atom. The third-order valence-corrected chi connectivity index (χ3v) is 3.91. The Morgan fingerprint density at radius 1 is 1.05 bits per heavy atom. The minimum atomic E-state index is -0.0852. The van der Waals surface area contributed by atoms with E-state index in [0.29, 0.717) is 11.0 Å². The fourth-order valence-electron chi connectivity index (χ4n) is 3.01. The van der Waals surface area contributed by atoms with Gasteiger partial charge in [0.1, 0.15) is 5.65 Å². The first kappa shape index (κ1) is 12.8. The summed E-state index contributed by atoms with van der Waals surface area (Å²) in [7, 11) is 1.86.